The van der Waals surface area contributed by atoms with Crippen molar-refractivity contribution in [2.24, 2.45) is 0 Å². The fourth-order valence-electron chi connectivity index (χ4n) is 3.75. The molecule has 0 saturated carbocycles. The third kappa shape index (κ3) is 5.81. The molecular formula is C25H25BBrFN4O5. The monoisotopic (exact) mass is 570 g/mol. The van der Waals surface area contributed by atoms with Crippen LogP contribution in [0.25, 0.3) is 10.9 Å². The molecular weight excluding hydrogens is 546 g/mol. The van der Waals surface area contributed by atoms with Crippen LogP contribution in [-0.4, -0.2) is 38.0 Å². The fourth-order valence-corrected chi connectivity index (χ4v) is 4.13. The molecule has 1 fully saturated rings. The molecule has 0 bridgehead atoms. The molecule has 9 nitrogen and oxygen atoms in total. The number of nitro groups is 1. The lowest BCUT2D eigenvalue weighted by molar-refractivity contribution is -0.385. The fraction of sp³-hybridized carbons (Fsp3) is 0.280. The highest BCUT2D eigenvalue weighted by Crippen LogP contribution is 2.36. The van der Waals surface area contributed by atoms with E-state index in [4.69, 9.17) is 9.31 Å². The lowest BCUT2D eigenvalue weighted by Crippen LogP contribution is -2.41. The van der Waals surface area contributed by atoms with Crippen LogP contribution < -0.4 is 11.0 Å². The minimum atomic E-state index is -0.599. The van der Waals surface area contributed by atoms with E-state index < -0.39 is 10.7 Å². The molecule has 0 spiro atoms. The molecule has 0 amide bonds. The van der Waals surface area contributed by atoms with Gasteiger partial charge in [0, 0.05) is 28.2 Å². The Balaban J connectivity index is 0.000000173. The zero-order valence-corrected chi connectivity index (χ0v) is 22.3. The lowest BCUT2D eigenvalue weighted by Gasteiger charge is -2.32. The van der Waals surface area contributed by atoms with Crippen molar-refractivity contribution < 1.29 is 18.6 Å². The normalized spacial score (nSPS) is 15.9. The van der Waals surface area contributed by atoms with Crippen LogP contribution >= 0.6 is 15.9 Å². The summed E-state index contributed by atoms with van der Waals surface area (Å²) in [7, 11) is -0.317. The van der Waals surface area contributed by atoms with Crippen LogP contribution in [0.2, 0.25) is 0 Å². The Hall–Kier alpha value is -3.35. The summed E-state index contributed by atoms with van der Waals surface area (Å²) >= 11 is 3.20. The predicted octanol–water partition coefficient (Wildman–Crippen LogP) is 4.57. The first kappa shape index (κ1) is 26.7. The number of nitrogens with one attached hydrogen (secondary N) is 1. The van der Waals surface area contributed by atoms with Gasteiger partial charge in [0.25, 0.3) is 11.2 Å². The maximum Gasteiger partial charge on any atom is 0.494 e. The number of H-pyrrole nitrogens is 1. The Morgan fingerprint density at radius 1 is 1.11 bits per heavy atom. The van der Waals surface area contributed by atoms with Crippen molar-refractivity contribution in [3.8, 4) is 0 Å². The first-order valence-corrected chi connectivity index (χ1v) is 12.2. The minimum Gasteiger partial charge on any atom is -0.399 e. The Kier molecular flexibility index (Phi) is 7.36. The van der Waals surface area contributed by atoms with E-state index >= 15 is 0 Å². The first-order valence-electron chi connectivity index (χ1n) is 11.4. The molecule has 0 unspecified atom stereocenters. The van der Waals surface area contributed by atoms with Crippen molar-refractivity contribution in [3.63, 3.8) is 0 Å². The molecule has 192 valence electrons. The number of nitro benzene ring substituents is 1. The molecule has 0 aliphatic carbocycles. The van der Waals surface area contributed by atoms with Gasteiger partial charge in [0.15, 0.2) is 0 Å². The van der Waals surface area contributed by atoms with Crippen molar-refractivity contribution in [1.82, 2.24) is 14.8 Å². The predicted molar refractivity (Wildman–Crippen MR) is 142 cm³/mol. The summed E-state index contributed by atoms with van der Waals surface area (Å²) in [5.41, 5.74) is 1.02. The second kappa shape index (κ2) is 10.2. The second-order valence-corrected chi connectivity index (χ2v) is 10.6. The summed E-state index contributed by atoms with van der Waals surface area (Å²) < 4.78 is 27.1. The number of aromatic amines is 1. The van der Waals surface area contributed by atoms with Gasteiger partial charge in [-0.25, -0.2) is 4.39 Å². The van der Waals surface area contributed by atoms with Crippen LogP contribution in [0.5, 0.6) is 0 Å². The van der Waals surface area contributed by atoms with Crippen LogP contribution in [0.4, 0.5) is 10.1 Å². The topological polar surface area (TPSA) is 112 Å². The Morgan fingerprint density at radius 3 is 2.49 bits per heavy atom. The molecule has 4 aromatic rings. The maximum absolute atomic E-state index is 13.2. The molecule has 1 saturated heterocycles. The average Bonchev–Trinajstić information content (AvgIpc) is 3.37. The van der Waals surface area contributed by atoms with E-state index in [0.29, 0.717) is 4.47 Å². The van der Waals surface area contributed by atoms with Crippen molar-refractivity contribution in [2.45, 2.75) is 45.4 Å². The van der Waals surface area contributed by atoms with Gasteiger partial charge in [-0.3, -0.25) is 20.0 Å². The molecule has 3 heterocycles. The van der Waals surface area contributed by atoms with Crippen LogP contribution in [0.3, 0.4) is 0 Å². The number of fused-ring (bicyclic) bond motifs is 1. The van der Waals surface area contributed by atoms with Gasteiger partial charge >= 0.3 is 7.12 Å². The SMILES string of the molecule is CC1(C)OB(c2ccc3cn[nH]c3c2)OC1(C)C.O=c1ccc(Br)cn1Cc1cc(F)ccc1[N+](=O)[O-]. The van der Waals surface area contributed by atoms with E-state index in [1.807, 2.05) is 24.4 Å². The van der Waals surface area contributed by atoms with Crippen LogP contribution in [0.15, 0.2) is 70.2 Å². The Morgan fingerprint density at radius 2 is 1.81 bits per heavy atom. The average molecular weight is 571 g/mol. The first-order chi connectivity index (χ1) is 17.4. The number of pyridine rings is 1. The van der Waals surface area contributed by atoms with Gasteiger partial charge in [-0.15, -0.1) is 0 Å². The number of hydrogen-bond donors (Lipinski definition) is 1. The molecule has 0 radical (unpaired) electrons. The Bertz CT molecular complexity index is 1500. The van der Waals surface area contributed by atoms with E-state index in [1.54, 1.807) is 6.07 Å². The van der Waals surface area contributed by atoms with Gasteiger partial charge in [0.1, 0.15) is 5.82 Å². The number of benzene rings is 2. The number of rotatable bonds is 4. The van der Waals surface area contributed by atoms with E-state index in [0.717, 1.165) is 34.6 Å². The molecule has 37 heavy (non-hydrogen) atoms. The summed E-state index contributed by atoms with van der Waals surface area (Å²) in [6.45, 7) is 8.17. The zero-order chi connectivity index (χ0) is 27.0. The van der Waals surface area contributed by atoms with Gasteiger partial charge in [0.05, 0.1) is 39.9 Å². The maximum atomic E-state index is 13.2. The molecule has 1 N–H and O–H groups in total. The third-order valence-electron chi connectivity index (χ3n) is 6.52. The van der Waals surface area contributed by atoms with E-state index in [1.165, 1.54) is 16.8 Å². The number of aromatic nitrogens is 3. The van der Waals surface area contributed by atoms with Crippen LogP contribution in [-0.2, 0) is 15.9 Å². The zero-order valence-electron chi connectivity index (χ0n) is 20.7. The Labute approximate surface area is 221 Å². The number of halogens is 2. The lowest BCUT2D eigenvalue weighted by atomic mass is 9.79. The quantitative estimate of drug-likeness (QED) is 0.218. The summed E-state index contributed by atoms with van der Waals surface area (Å²) in [6, 6.07) is 12.2. The molecule has 2 aromatic carbocycles. The van der Waals surface area contributed by atoms with Crippen LogP contribution in [0.1, 0.15) is 33.3 Å². The summed E-state index contributed by atoms with van der Waals surface area (Å²) in [4.78, 5) is 21.9. The highest BCUT2D eigenvalue weighted by Gasteiger charge is 2.51. The van der Waals surface area contributed by atoms with Crippen molar-refractivity contribution in [1.29, 1.82) is 0 Å². The molecule has 0 atom stereocenters. The largest absolute Gasteiger partial charge is 0.494 e. The van der Waals surface area contributed by atoms with Crippen molar-refractivity contribution in [2.75, 3.05) is 0 Å². The third-order valence-corrected chi connectivity index (χ3v) is 6.99. The van der Waals surface area contributed by atoms with Crippen molar-refractivity contribution >= 4 is 45.1 Å². The van der Waals surface area contributed by atoms with Gasteiger partial charge in [-0.2, -0.15) is 5.10 Å². The number of nitrogens with zero attached hydrogens (tertiary/aromatic N) is 3. The van der Waals surface area contributed by atoms with Crippen LogP contribution in [0, 0.1) is 15.9 Å². The van der Waals surface area contributed by atoms with E-state index in [2.05, 4.69) is 53.8 Å². The number of hydrogen-bond acceptors (Lipinski definition) is 6. The summed E-state index contributed by atoms with van der Waals surface area (Å²) in [6.07, 6.45) is 3.31. The van der Waals surface area contributed by atoms with Gasteiger partial charge < -0.3 is 13.9 Å². The molecule has 1 aliphatic rings. The summed E-state index contributed by atoms with van der Waals surface area (Å²) in [5, 5.41) is 18.9. The second-order valence-electron chi connectivity index (χ2n) is 9.65. The van der Waals surface area contributed by atoms with Gasteiger partial charge in [-0.1, -0.05) is 12.1 Å². The molecule has 12 heteroatoms. The van der Waals surface area contributed by atoms with Gasteiger partial charge in [0.2, 0.25) is 0 Å². The standard InChI is InChI=1S/C13H17BN2O2.C12H8BrFN2O3/c1-12(2)13(3,4)18-14(17-12)10-6-5-9-8-15-16-11(9)7-10;13-9-1-4-12(17)15(7-9)6-8-5-10(14)2-3-11(8)16(18)19/h5-8H,1-4H3,(H,15,16);1-5,7H,6H2. The minimum absolute atomic E-state index is 0.0631. The molecule has 2 aromatic heterocycles. The molecule has 5 rings (SSSR count). The van der Waals surface area contributed by atoms with E-state index in [-0.39, 0.29) is 41.7 Å². The van der Waals surface area contributed by atoms with Gasteiger partial charge in [-0.05, 0) is 73.4 Å². The van der Waals surface area contributed by atoms with Crippen molar-refractivity contribution in [3.05, 3.63) is 97.2 Å². The summed E-state index contributed by atoms with van der Waals surface area (Å²) in [5.74, 6) is -0.580. The van der Waals surface area contributed by atoms with E-state index in [9.17, 15) is 19.3 Å². The highest BCUT2D eigenvalue weighted by molar-refractivity contribution is 9.10. The highest BCUT2D eigenvalue weighted by atomic mass is 79.9. The molecule has 1 aliphatic heterocycles. The smallest absolute Gasteiger partial charge is 0.399 e.